The monoisotopic (exact) mass is 1320 g/mol. The Kier molecular flexibility index (Phi) is 29.5. The maximum Gasteiger partial charge on any atom is 0.142 e. The molecule has 0 radical (unpaired) electrons. The van der Waals surface area contributed by atoms with Crippen molar-refractivity contribution in [3.63, 3.8) is 0 Å². The zero-order valence-electron chi connectivity index (χ0n) is 62.8. The average Bonchev–Trinajstić information content (AvgIpc) is 0.869. The van der Waals surface area contributed by atoms with Gasteiger partial charge in [-0.3, -0.25) is 0 Å². The molecule has 526 valence electrons. The van der Waals surface area contributed by atoms with Gasteiger partial charge in [0.25, 0.3) is 0 Å². The first-order valence-corrected chi connectivity index (χ1v) is 37.2. The summed E-state index contributed by atoms with van der Waals surface area (Å²) in [5, 5.41) is 3.35. The summed E-state index contributed by atoms with van der Waals surface area (Å²) < 4.78 is 27.7. The van der Waals surface area contributed by atoms with E-state index in [0.29, 0.717) is 29.6 Å². The highest BCUT2D eigenvalue weighted by molar-refractivity contribution is 5.64. The van der Waals surface area contributed by atoms with E-state index >= 15 is 0 Å². The minimum Gasteiger partial charge on any atom is -0.497 e. The van der Waals surface area contributed by atoms with Crippen molar-refractivity contribution >= 4 is 28.4 Å². The molecule has 0 aromatic heterocycles. The minimum absolute atomic E-state index is 0.698. The van der Waals surface area contributed by atoms with Gasteiger partial charge in [0.1, 0.15) is 55.2 Å². The highest BCUT2D eigenvalue weighted by atomic mass is 16.5. The Hall–Kier alpha value is -7.46. The van der Waals surface area contributed by atoms with Crippen LogP contribution in [-0.2, 0) is 64.3 Å². The number of nitrogens with zero attached hydrogens (tertiary/aromatic N) is 4. The Morgan fingerprint density at radius 1 is 0.371 bits per heavy atom. The summed E-state index contributed by atoms with van der Waals surface area (Å²) in [6.07, 6.45) is 14.8. The quantitative estimate of drug-likeness (QED) is 0.101. The van der Waals surface area contributed by atoms with Crippen molar-refractivity contribution in [3.05, 3.63) is 189 Å². The van der Waals surface area contributed by atoms with Crippen molar-refractivity contribution in [1.29, 1.82) is 0 Å². The summed E-state index contributed by atoms with van der Waals surface area (Å²) in [7, 11) is 5.95. The molecule has 0 bridgehead atoms. The van der Waals surface area contributed by atoms with Crippen molar-refractivity contribution in [2.24, 2.45) is 35.5 Å². The molecule has 10 heteroatoms. The van der Waals surface area contributed by atoms with Crippen LogP contribution >= 0.6 is 0 Å². The fraction of sp³-hybridized carbons (Fsp3) is 0.517. The minimum atomic E-state index is 0.698. The molecule has 0 unspecified atom stereocenters. The second-order valence-corrected chi connectivity index (χ2v) is 30.2. The predicted molar refractivity (Wildman–Crippen MR) is 414 cm³/mol. The van der Waals surface area contributed by atoms with Crippen molar-refractivity contribution in [2.45, 2.75) is 174 Å². The number of hydrogen-bond donors (Lipinski definition) is 1. The Balaban J connectivity index is 0.000000150. The molecule has 0 atom stereocenters. The molecular formula is C87H123N5O5. The van der Waals surface area contributed by atoms with E-state index in [4.69, 9.17) is 23.7 Å². The normalized spacial score (nSPS) is 14.8. The molecule has 1 N–H and O–H groups in total. The highest BCUT2D eigenvalue weighted by Crippen LogP contribution is 2.37. The van der Waals surface area contributed by atoms with E-state index in [2.05, 4.69) is 250 Å². The highest BCUT2D eigenvalue weighted by Gasteiger charge is 2.21. The zero-order chi connectivity index (χ0) is 69.4. The largest absolute Gasteiger partial charge is 0.497 e. The van der Waals surface area contributed by atoms with Gasteiger partial charge in [0, 0.05) is 46.0 Å². The van der Waals surface area contributed by atoms with Crippen molar-refractivity contribution in [2.75, 3.05) is 112 Å². The van der Waals surface area contributed by atoms with Gasteiger partial charge in [-0.25, -0.2) is 0 Å². The third kappa shape index (κ3) is 23.9. The maximum absolute atomic E-state index is 5.67. The summed E-state index contributed by atoms with van der Waals surface area (Å²) >= 11 is 0. The van der Waals surface area contributed by atoms with Crippen LogP contribution in [0, 0.1) is 35.5 Å². The summed E-state index contributed by atoms with van der Waals surface area (Å²) in [6.45, 7) is 39.6. The Bertz CT molecular complexity index is 3430. The lowest BCUT2D eigenvalue weighted by molar-refractivity contribution is 0.308. The molecule has 13 rings (SSSR count). The summed E-state index contributed by atoms with van der Waals surface area (Å²) in [5.41, 5.74) is 20.9. The van der Waals surface area contributed by atoms with E-state index < -0.39 is 0 Å². The lowest BCUT2D eigenvalue weighted by Gasteiger charge is -2.32. The average molecular weight is 1320 g/mol. The first-order valence-electron chi connectivity index (χ1n) is 37.2. The third-order valence-electron chi connectivity index (χ3n) is 18.5. The molecule has 0 saturated heterocycles. The number of likely N-dealkylation sites (N-methyl/N-ethyl adjacent to an activating group) is 3. The lowest BCUT2D eigenvalue weighted by Crippen LogP contribution is -2.32. The van der Waals surface area contributed by atoms with Gasteiger partial charge in [-0.2, -0.15) is 0 Å². The Labute approximate surface area is 587 Å². The number of nitrogens with one attached hydrogen (secondary N) is 1. The van der Waals surface area contributed by atoms with E-state index in [-0.39, 0.29) is 0 Å². The van der Waals surface area contributed by atoms with Gasteiger partial charge in [-0.15, -0.1) is 0 Å². The van der Waals surface area contributed by atoms with Crippen LogP contribution in [-0.4, -0.2) is 86.9 Å². The second-order valence-electron chi connectivity index (χ2n) is 30.2. The molecule has 6 aliphatic rings. The van der Waals surface area contributed by atoms with Gasteiger partial charge in [0.05, 0.1) is 49.5 Å². The first kappa shape index (κ1) is 75.3. The first-order chi connectivity index (χ1) is 46.7. The molecule has 0 amide bonds. The zero-order valence-corrected chi connectivity index (χ0v) is 62.8. The summed E-state index contributed by atoms with van der Waals surface area (Å²) in [5.74, 6) is 9.33. The van der Waals surface area contributed by atoms with Gasteiger partial charge in [0.15, 0.2) is 0 Å². The molecule has 1 aliphatic carbocycles. The van der Waals surface area contributed by atoms with E-state index in [1.54, 1.807) is 18.2 Å². The summed E-state index contributed by atoms with van der Waals surface area (Å²) in [4.78, 5) is 9.42. The molecule has 0 fully saturated rings. The van der Waals surface area contributed by atoms with E-state index in [9.17, 15) is 0 Å². The fourth-order valence-corrected chi connectivity index (χ4v) is 13.9. The standard InChI is InChI=1S/C21H27NO.C14H21NO.C14H20.2C13H19NO.C12H17NO/c1-16(2)13-18-8-11-21-19(14-18)5-4-12-22(21)15-17-6-9-20(23-3)10-7-17;1-4-15-7-8-16-14-6-5-12(9-11(2)3)10-13(14)15;1-11(2)9-12-7-8-13-5-3-4-6-14(13)10-12;1-10(2)8-11-4-5-13-12(9-11)14(3)6-7-15-13;1-10(2)8-11-4-5-12-13(9-11)15-7-6-14(12)3;1-9(2)7-10-3-4-12-11(8-10)13-5-6-14-12/h6-11,14,16H,4-5,12-13,15H2,1-3H3;5-6,10-11H,4,7-9H2,1-3H3;7-8,10-11H,3-6,9H2,1-2H3;2*4-5,9-10H,6-8H2,1-3H3;3-4,8-9,13H,5-7H2,1-2H3. The number of hydrogen-bond acceptors (Lipinski definition) is 10. The number of benzene rings is 7. The van der Waals surface area contributed by atoms with Gasteiger partial charge < -0.3 is 48.6 Å². The molecule has 97 heavy (non-hydrogen) atoms. The van der Waals surface area contributed by atoms with Crippen molar-refractivity contribution in [3.8, 4) is 28.7 Å². The Morgan fingerprint density at radius 2 is 0.804 bits per heavy atom. The van der Waals surface area contributed by atoms with Crippen LogP contribution in [0.3, 0.4) is 0 Å². The van der Waals surface area contributed by atoms with Crippen LogP contribution in [0.2, 0.25) is 0 Å². The molecule has 5 aliphatic heterocycles. The molecule has 0 saturated carbocycles. The lowest BCUT2D eigenvalue weighted by atomic mass is 9.89. The number of rotatable bonds is 16. The van der Waals surface area contributed by atoms with E-state index in [1.165, 1.54) is 119 Å². The number of anilines is 5. The van der Waals surface area contributed by atoms with E-state index in [0.717, 1.165) is 138 Å². The van der Waals surface area contributed by atoms with Crippen LogP contribution in [0.5, 0.6) is 28.7 Å². The molecule has 7 aromatic rings. The van der Waals surface area contributed by atoms with Crippen LogP contribution < -0.4 is 48.6 Å². The van der Waals surface area contributed by atoms with Gasteiger partial charge in [0.2, 0.25) is 0 Å². The van der Waals surface area contributed by atoms with Crippen molar-refractivity contribution < 1.29 is 23.7 Å². The molecule has 5 heterocycles. The van der Waals surface area contributed by atoms with Gasteiger partial charge >= 0.3 is 0 Å². The number of methoxy groups -OCH3 is 1. The molecular weight excluding hydrogens is 1190 g/mol. The molecule has 0 spiro atoms. The van der Waals surface area contributed by atoms with Crippen LogP contribution in [0.25, 0.3) is 0 Å². The van der Waals surface area contributed by atoms with Crippen LogP contribution in [0.4, 0.5) is 28.4 Å². The SMILES string of the molecule is CC(C)Cc1ccc2c(c1)CCCC2.CC(C)Cc1ccc2c(c1)N(C)CCO2.CC(C)Cc1ccc2c(c1)NCCO2.CC(C)Cc1ccc2c(c1)OCCN2C.CCN1CCOc2ccc(CC(C)C)cc21.COc1ccc(CN2CCCc3cc(CC(C)C)ccc32)cc1. The number of ether oxygens (including phenoxy) is 5. The third-order valence-corrected chi connectivity index (χ3v) is 18.5. The van der Waals surface area contributed by atoms with Crippen LogP contribution in [0.1, 0.15) is 165 Å². The molecule has 10 nitrogen and oxygen atoms in total. The van der Waals surface area contributed by atoms with E-state index in [1.807, 2.05) is 12.1 Å². The number of aryl methyl sites for hydroxylation is 3. The van der Waals surface area contributed by atoms with Gasteiger partial charge in [-0.05, 0) is 242 Å². The predicted octanol–water partition coefficient (Wildman–Crippen LogP) is 19.8. The summed E-state index contributed by atoms with van der Waals surface area (Å²) in [6, 6.07) is 48.8. The number of fused-ring (bicyclic) bond motifs is 6. The Morgan fingerprint density at radius 3 is 1.38 bits per heavy atom. The van der Waals surface area contributed by atoms with Crippen molar-refractivity contribution in [1.82, 2.24) is 0 Å². The maximum atomic E-state index is 5.67. The van der Waals surface area contributed by atoms with Crippen LogP contribution in [0.15, 0.2) is 133 Å². The van der Waals surface area contributed by atoms with Gasteiger partial charge in [-0.1, -0.05) is 150 Å². The topological polar surface area (TPSA) is 71.1 Å². The fourth-order valence-electron chi connectivity index (χ4n) is 13.9. The smallest absolute Gasteiger partial charge is 0.142 e. The molecule has 7 aromatic carbocycles. The second kappa shape index (κ2) is 38.0.